The number of hydrogen-bond donors (Lipinski definition) is 3. The Labute approximate surface area is 198 Å². The maximum absolute atomic E-state index is 12.9. The number of nitrogens with one attached hydrogen (secondary N) is 2. The Hall–Kier alpha value is -3.40. The van der Waals surface area contributed by atoms with Crippen molar-refractivity contribution in [1.29, 1.82) is 0 Å². The third kappa shape index (κ3) is 6.34. The second-order valence-electron chi connectivity index (χ2n) is 7.91. The third-order valence-corrected chi connectivity index (χ3v) is 5.49. The maximum atomic E-state index is 12.9. The van der Waals surface area contributed by atoms with Crippen molar-refractivity contribution in [2.24, 2.45) is 16.6 Å². The van der Waals surface area contributed by atoms with E-state index in [0.29, 0.717) is 27.5 Å². The lowest BCUT2D eigenvalue weighted by molar-refractivity contribution is -0.143. The van der Waals surface area contributed by atoms with Crippen LogP contribution in [0.5, 0.6) is 0 Å². The summed E-state index contributed by atoms with van der Waals surface area (Å²) in [4.78, 5) is 41.5. The van der Waals surface area contributed by atoms with Gasteiger partial charge in [0.05, 0.1) is 11.4 Å². The molecule has 0 fully saturated rings. The van der Waals surface area contributed by atoms with E-state index in [-0.39, 0.29) is 0 Å². The SMILES string of the molecule is Cc1cccc2c1NC(=O)[C@@H](NC(=O)[C@H](CCC(F)(F)F)CC(N)=O)N=C2c1cccc(Cl)c1. The predicted molar refractivity (Wildman–Crippen MR) is 121 cm³/mol. The van der Waals surface area contributed by atoms with Crippen LogP contribution in [0.3, 0.4) is 0 Å². The van der Waals surface area contributed by atoms with Crippen molar-refractivity contribution < 1.29 is 27.6 Å². The highest BCUT2D eigenvalue weighted by atomic mass is 35.5. The van der Waals surface area contributed by atoms with Crippen LogP contribution in [0.4, 0.5) is 18.9 Å². The number of benzodiazepines with no additional fused rings is 1. The molecule has 7 nitrogen and oxygen atoms in total. The number of hydrogen-bond acceptors (Lipinski definition) is 4. The monoisotopic (exact) mass is 494 g/mol. The molecule has 0 spiro atoms. The number of primary amides is 1. The first-order chi connectivity index (χ1) is 15.9. The van der Waals surface area contributed by atoms with Gasteiger partial charge in [0, 0.05) is 34.9 Å². The van der Waals surface area contributed by atoms with E-state index in [2.05, 4.69) is 15.6 Å². The van der Waals surface area contributed by atoms with Crippen LogP contribution in [0.15, 0.2) is 47.5 Å². The minimum absolute atomic E-state index is 0.353. The zero-order valence-electron chi connectivity index (χ0n) is 18.1. The maximum Gasteiger partial charge on any atom is 0.389 e. The second kappa shape index (κ2) is 10.3. The van der Waals surface area contributed by atoms with Gasteiger partial charge in [-0.1, -0.05) is 41.9 Å². The van der Waals surface area contributed by atoms with E-state index in [9.17, 15) is 27.6 Å². The first-order valence-corrected chi connectivity index (χ1v) is 10.7. The van der Waals surface area contributed by atoms with Crippen molar-refractivity contribution in [2.75, 3.05) is 5.32 Å². The minimum Gasteiger partial charge on any atom is -0.370 e. The zero-order chi connectivity index (χ0) is 25.0. The summed E-state index contributed by atoms with van der Waals surface area (Å²) in [7, 11) is 0. The Bertz CT molecular complexity index is 1150. The summed E-state index contributed by atoms with van der Waals surface area (Å²) in [6, 6.07) is 12.0. The van der Waals surface area contributed by atoms with E-state index in [4.69, 9.17) is 17.3 Å². The molecule has 0 saturated carbocycles. The van der Waals surface area contributed by atoms with E-state index >= 15 is 0 Å². The number of nitrogens with two attached hydrogens (primary N) is 1. The van der Waals surface area contributed by atoms with Crippen LogP contribution in [-0.4, -0.2) is 35.8 Å². The molecule has 180 valence electrons. The molecule has 1 aliphatic heterocycles. The van der Waals surface area contributed by atoms with Crippen molar-refractivity contribution in [2.45, 2.75) is 38.5 Å². The Kier molecular flexibility index (Phi) is 7.61. The highest BCUT2D eigenvalue weighted by Gasteiger charge is 2.34. The van der Waals surface area contributed by atoms with Crippen LogP contribution >= 0.6 is 11.6 Å². The smallest absolute Gasteiger partial charge is 0.370 e. The standard InChI is InChI=1S/C23H22ClF3N4O3/c1-12-4-2-7-16-18(12)30-22(34)20(29-19(16)13-5-3-6-15(24)10-13)31-21(33)14(11-17(28)32)8-9-23(25,26)27/h2-7,10,14,20H,8-9,11H2,1H3,(H2,28,32)(H,30,34)(H,31,33)/t14-,20-/m1/s1. The first-order valence-electron chi connectivity index (χ1n) is 10.3. The van der Waals surface area contributed by atoms with Crippen molar-refractivity contribution in [1.82, 2.24) is 5.32 Å². The van der Waals surface area contributed by atoms with Gasteiger partial charge >= 0.3 is 6.18 Å². The molecule has 2 aromatic carbocycles. The molecule has 2 atom stereocenters. The summed E-state index contributed by atoms with van der Waals surface area (Å²) in [5.74, 6) is -3.92. The van der Waals surface area contributed by atoms with Crippen LogP contribution in [0.1, 0.15) is 36.0 Å². The lowest BCUT2D eigenvalue weighted by Gasteiger charge is -2.19. The number of carbonyl (C=O) groups excluding carboxylic acids is 3. The molecule has 2 aromatic rings. The van der Waals surface area contributed by atoms with E-state index < -0.39 is 55.2 Å². The Morgan fingerprint density at radius 3 is 2.59 bits per heavy atom. The van der Waals surface area contributed by atoms with Crippen molar-refractivity contribution in [3.8, 4) is 0 Å². The molecule has 0 aromatic heterocycles. The minimum atomic E-state index is -4.52. The van der Waals surface area contributed by atoms with Crippen molar-refractivity contribution in [3.63, 3.8) is 0 Å². The molecule has 34 heavy (non-hydrogen) atoms. The van der Waals surface area contributed by atoms with E-state index in [1.165, 1.54) is 0 Å². The largest absolute Gasteiger partial charge is 0.389 e. The van der Waals surface area contributed by atoms with Crippen molar-refractivity contribution in [3.05, 3.63) is 64.2 Å². The summed E-state index contributed by atoms with van der Waals surface area (Å²) < 4.78 is 38.1. The number of halogens is 4. The van der Waals surface area contributed by atoms with Crippen LogP contribution in [-0.2, 0) is 14.4 Å². The molecule has 0 radical (unpaired) electrons. The predicted octanol–water partition coefficient (Wildman–Crippen LogP) is 3.71. The molecule has 0 unspecified atom stereocenters. The lowest BCUT2D eigenvalue weighted by Crippen LogP contribution is -2.45. The number of benzene rings is 2. The third-order valence-electron chi connectivity index (χ3n) is 5.25. The molecular formula is C23H22ClF3N4O3. The second-order valence-corrected chi connectivity index (χ2v) is 8.34. The van der Waals surface area contributed by atoms with Crippen LogP contribution in [0.2, 0.25) is 5.02 Å². The molecule has 0 bridgehead atoms. The van der Waals surface area contributed by atoms with Crippen LogP contribution in [0, 0.1) is 12.8 Å². The molecule has 3 amide bonds. The summed E-state index contributed by atoms with van der Waals surface area (Å²) in [6.45, 7) is 1.79. The molecular weight excluding hydrogens is 473 g/mol. The van der Waals surface area contributed by atoms with Gasteiger partial charge < -0.3 is 16.4 Å². The number of para-hydroxylation sites is 1. The quantitative estimate of drug-likeness (QED) is 0.545. The van der Waals surface area contributed by atoms with E-state index in [1.54, 1.807) is 49.4 Å². The average Bonchev–Trinajstić information content (AvgIpc) is 2.88. The van der Waals surface area contributed by atoms with Gasteiger partial charge in [-0.2, -0.15) is 13.2 Å². The summed E-state index contributed by atoms with van der Waals surface area (Å²) in [5.41, 5.74) is 7.85. The number of rotatable bonds is 7. The van der Waals surface area contributed by atoms with Gasteiger partial charge in [-0.3, -0.25) is 14.4 Å². The Balaban J connectivity index is 1.98. The molecule has 0 aliphatic carbocycles. The molecule has 3 rings (SSSR count). The Morgan fingerprint density at radius 1 is 1.24 bits per heavy atom. The van der Waals surface area contributed by atoms with E-state index in [1.807, 2.05) is 0 Å². The number of aryl methyl sites for hydroxylation is 1. The normalized spacial score (nSPS) is 16.6. The highest BCUT2D eigenvalue weighted by molar-refractivity contribution is 6.31. The number of anilines is 1. The molecule has 4 N–H and O–H groups in total. The lowest BCUT2D eigenvalue weighted by atomic mass is 9.97. The average molecular weight is 495 g/mol. The zero-order valence-corrected chi connectivity index (χ0v) is 18.8. The van der Waals surface area contributed by atoms with Gasteiger partial charge in [-0.15, -0.1) is 0 Å². The van der Waals surface area contributed by atoms with Crippen molar-refractivity contribution >= 4 is 40.7 Å². The Morgan fingerprint density at radius 2 is 1.94 bits per heavy atom. The molecule has 1 heterocycles. The fourth-order valence-electron chi connectivity index (χ4n) is 3.60. The molecule has 1 aliphatic rings. The number of fused-ring (bicyclic) bond motifs is 1. The van der Waals surface area contributed by atoms with E-state index in [0.717, 1.165) is 5.56 Å². The number of nitrogens with zero attached hydrogens (tertiary/aromatic N) is 1. The van der Waals surface area contributed by atoms with Gasteiger partial charge in [0.1, 0.15) is 0 Å². The number of aliphatic imine (C=N–C) groups is 1. The molecule has 0 saturated heterocycles. The van der Waals surface area contributed by atoms with Gasteiger partial charge in [0.25, 0.3) is 5.91 Å². The number of alkyl halides is 3. The van der Waals surface area contributed by atoms with Gasteiger partial charge in [-0.05, 0) is 31.0 Å². The summed E-state index contributed by atoms with van der Waals surface area (Å²) in [6.07, 6.45) is -8.52. The van der Waals surface area contributed by atoms with Gasteiger partial charge in [0.15, 0.2) is 0 Å². The fourth-order valence-corrected chi connectivity index (χ4v) is 3.79. The number of carbonyl (C=O) groups is 3. The topological polar surface area (TPSA) is 114 Å². The van der Waals surface area contributed by atoms with Gasteiger partial charge in [-0.25, -0.2) is 4.99 Å². The first kappa shape index (κ1) is 25.2. The van der Waals surface area contributed by atoms with Gasteiger partial charge in [0.2, 0.25) is 18.0 Å². The fraction of sp³-hybridized carbons (Fsp3) is 0.304. The summed E-state index contributed by atoms with van der Waals surface area (Å²) in [5, 5.41) is 5.52. The summed E-state index contributed by atoms with van der Waals surface area (Å²) >= 11 is 6.13. The highest BCUT2D eigenvalue weighted by Crippen LogP contribution is 2.29. The number of amides is 3. The van der Waals surface area contributed by atoms with Crippen LogP contribution < -0.4 is 16.4 Å². The molecule has 11 heteroatoms. The van der Waals surface area contributed by atoms with Crippen LogP contribution in [0.25, 0.3) is 0 Å².